The number of ether oxygens (including phenoxy) is 2. The second kappa shape index (κ2) is 10.9. The molecule has 0 heterocycles. The molecule has 0 spiro atoms. The molecule has 0 bridgehead atoms. The summed E-state index contributed by atoms with van der Waals surface area (Å²) in [7, 11) is 0. The van der Waals surface area contributed by atoms with Gasteiger partial charge in [-0.05, 0) is 40.6 Å². The van der Waals surface area contributed by atoms with Gasteiger partial charge in [-0.1, -0.05) is 83.9 Å². The molecule has 5 nitrogen and oxygen atoms in total. The fraction of sp³-hybridized carbons (Fsp3) is 0.0769. The molecule has 1 N–H and O–H groups in total. The number of hydrazone groups is 1. The van der Waals surface area contributed by atoms with E-state index in [4.69, 9.17) is 32.7 Å². The Bertz CT molecular complexity index is 1290. The first-order valence-corrected chi connectivity index (χ1v) is 10.9. The van der Waals surface area contributed by atoms with E-state index in [0.717, 1.165) is 21.9 Å². The predicted molar refractivity (Wildman–Crippen MR) is 132 cm³/mol. The molecule has 1 amide bonds. The molecular formula is C26H20Cl2N2O3. The van der Waals surface area contributed by atoms with Crippen molar-refractivity contribution in [2.24, 2.45) is 5.10 Å². The first kappa shape index (κ1) is 22.6. The van der Waals surface area contributed by atoms with Gasteiger partial charge in [0.25, 0.3) is 5.91 Å². The molecule has 4 aromatic rings. The number of hydrogen-bond acceptors (Lipinski definition) is 4. The lowest BCUT2D eigenvalue weighted by molar-refractivity contribution is -0.123. The third-order valence-electron chi connectivity index (χ3n) is 4.80. The monoisotopic (exact) mass is 478 g/mol. The Hall–Kier alpha value is -3.54. The van der Waals surface area contributed by atoms with Crippen molar-refractivity contribution in [1.29, 1.82) is 0 Å². The molecule has 4 rings (SSSR count). The molecule has 4 aromatic carbocycles. The van der Waals surface area contributed by atoms with Gasteiger partial charge in [0.2, 0.25) is 0 Å². The van der Waals surface area contributed by atoms with Crippen molar-refractivity contribution in [2.75, 3.05) is 6.61 Å². The molecule has 0 saturated heterocycles. The van der Waals surface area contributed by atoms with Crippen LogP contribution in [0.25, 0.3) is 10.8 Å². The molecule has 0 saturated carbocycles. The van der Waals surface area contributed by atoms with E-state index in [9.17, 15) is 4.79 Å². The van der Waals surface area contributed by atoms with Gasteiger partial charge in [0.15, 0.2) is 6.61 Å². The maximum atomic E-state index is 12.2. The van der Waals surface area contributed by atoms with Crippen molar-refractivity contribution >= 4 is 46.1 Å². The number of nitrogens with zero attached hydrogens (tertiary/aromatic N) is 1. The van der Waals surface area contributed by atoms with E-state index < -0.39 is 5.91 Å². The summed E-state index contributed by atoms with van der Waals surface area (Å²) in [5.74, 6) is 0.606. The van der Waals surface area contributed by atoms with Crippen LogP contribution in [0.2, 0.25) is 10.0 Å². The largest absolute Gasteiger partial charge is 0.488 e. The second-order valence-corrected chi connectivity index (χ2v) is 7.97. The standard InChI is InChI=1S/C26H20Cl2N2O3/c27-20-11-13-25(23(28)14-20)33-17-26(31)30-29-15-22-21-9-5-4-8-19(21)10-12-24(22)32-16-18-6-2-1-3-7-18/h1-15H,16-17H2,(H,30,31). The zero-order valence-electron chi connectivity index (χ0n) is 17.5. The number of benzene rings is 4. The summed E-state index contributed by atoms with van der Waals surface area (Å²) >= 11 is 11.9. The topological polar surface area (TPSA) is 59.9 Å². The zero-order valence-corrected chi connectivity index (χ0v) is 19.0. The average molecular weight is 479 g/mol. The first-order valence-electron chi connectivity index (χ1n) is 10.2. The van der Waals surface area contributed by atoms with Gasteiger partial charge >= 0.3 is 0 Å². The molecule has 0 aromatic heterocycles. The summed E-state index contributed by atoms with van der Waals surface area (Å²) in [6.07, 6.45) is 1.58. The first-order chi connectivity index (χ1) is 16.1. The van der Waals surface area contributed by atoms with E-state index in [2.05, 4.69) is 10.5 Å². The van der Waals surface area contributed by atoms with Crippen LogP contribution < -0.4 is 14.9 Å². The van der Waals surface area contributed by atoms with E-state index in [0.29, 0.717) is 28.2 Å². The summed E-state index contributed by atoms with van der Waals surface area (Å²) in [6, 6.07) is 26.5. The fourth-order valence-electron chi connectivity index (χ4n) is 3.21. The van der Waals surface area contributed by atoms with Crippen molar-refractivity contribution in [3.8, 4) is 11.5 Å². The van der Waals surface area contributed by atoms with Gasteiger partial charge in [0.05, 0.1) is 11.2 Å². The predicted octanol–water partition coefficient (Wildman–Crippen LogP) is 6.25. The lowest BCUT2D eigenvalue weighted by Gasteiger charge is -2.12. The van der Waals surface area contributed by atoms with Crippen molar-refractivity contribution in [3.63, 3.8) is 0 Å². The molecule has 0 aliphatic heterocycles. The van der Waals surface area contributed by atoms with Crippen molar-refractivity contribution in [1.82, 2.24) is 5.43 Å². The molecule has 0 fully saturated rings. The highest BCUT2D eigenvalue weighted by molar-refractivity contribution is 6.35. The quantitative estimate of drug-likeness (QED) is 0.240. The van der Waals surface area contributed by atoms with Crippen LogP contribution in [0.5, 0.6) is 11.5 Å². The smallest absolute Gasteiger partial charge is 0.277 e. The highest BCUT2D eigenvalue weighted by atomic mass is 35.5. The Morgan fingerprint density at radius 1 is 0.879 bits per heavy atom. The van der Waals surface area contributed by atoms with Crippen molar-refractivity contribution < 1.29 is 14.3 Å². The van der Waals surface area contributed by atoms with E-state index in [-0.39, 0.29) is 6.61 Å². The van der Waals surface area contributed by atoms with Crippen LogP contribution in [-0.2, 0) is 11.4 Å². The summed E-state index contributed by atoms with van der Waals surface area (Å²) in [5, 5.41) is 6.94. The van der Waals surface area contributed by atoms with Gasteiger partial charge in [-0.15, -0.1) is 0 Å². The Morgan fingerprint density at radius 3 is 2.45 bits per heavy atom. The van der Waals surface area contributed by atoms with Crippen LogP contribution >= 0.6 is 23.2 Å². The van der Waals surface area contributed by atoms with E-state index >= 15 is 0 Å². The SMILES string of the molecule is O=C(COc1ccc(Cl)cc1Cl)NN=Cc1c(OCc2ccccc2)ccc2ccccc12. The Kier molecular flexibility index (Phi) is 7.45. The minimum atomic E-state index is -0.427. The third-order valence-corrected chi connectivity index (χ3v) is 5.33. The highest BCUT2D eigenvalue weighted by Gasteiger charge is 2.09. The minimum Gasteiger partial charge on any atom is -0.488 e. The van der Waals surface area contributed by atoms with Crippen LogP contribution in [0.15, 0.2) is 90.0 Å². The molecule has 33 heavy (non-hydrogen) atoms. The number of fused-ring (bicyclic) bond motifs is 1. The Morgan fingerprint density at radius 2 is 1.64 bits per heavy atom. The average Bonchev–Trinajstić information content (AvgIpc) is 2.83. The maximum Gasteiger partial charge on any atom is 0.277 e. The van der Waals surface area contributed by atoms with Crippen LogP contribution in [0.1, 0.15) is 11.1 Å². The van der Waals surface area contributed by atoms with Crippen LogP contribution in [0.3, 0.4) is 0 Å². The summed E-state index contributed by atoms with van der Waals surface area (Å²) in [4.78, 5) is 12.2. The molecule has 166 valence electrons. The number of carbonyl (C=O) groups excluding carboxylic acids is 1. The summed E-state index contributed by atoms with van der Waals surface area (Å²) < 4.78 is 11.5. The Labute approximate surface area is 201 Å². The summed E-state index contributed by atoms with van der Waals surface area (Å²) in [6.45, 7) is 0.174. The Balaban J connectivity index is 1.46. The van der Waals surface area contributed by atoms with Crippen molar-refractivity contribution in [3.05, 3.63) is 106 Å². The minimum absolute atomic E-state index is 0.244. The molecule has 0 atom stereocenters. The van der Waals surface area contributed by atoms with E-state index in [1.54, 1.807) is 24.4 Å². The molecule has 7 heteroatoms. The van der Waals surface area contributed by atoms with Crippen LogP contribution in [0, 0.1) is 0 Å². The number of rotatable bonds is 8. The number of amides is 1. The van der Waals surface area contributed by atoms with E-state index in [1.165, 1.54) is 0 Å². The number of hydrogen-bond donors (Lipinski definition) is 1. The maximum absolute atomic E-state index is 12.2. The second-order valence-electron chi connectivity index (χ2n) is 7.13. The summed E-state index contributed by atoms with van der Waals surface area (Å²) in [5.41, 5.74) is 4.30. The van der Waals surface area contributed by atoms with Gasteiger partial charge < -0.3 is 9.47 Å². The highest BCUT2D eigenvalue weighted by Crippen LogP contribution is 2.28. The molecule has 0 radical (unpaired) electrons. The third kappa shape index (κ3) is 6.04. The molecule has 0 aliphatic carbocycles. The van der Waals surface area contributed by atoms with Gasteiger partial charge in [-0.2, -0.15) is 5.10 Å². The molecule has 0 unspecified atom stereocenters. The van der Waals surface area contributed by atoms with Gasteiger partial charge in [-0.25, -0.2) is 5.43 Å². The number of halogens is 2. The van der Waals surface area contributed by atoms with Crippen molar-refractivity contribution in [2.45, 2.75) is 6.61 Å². The normalized spacial score (nSPS) is 11.0. The number of carbonyl (C=O) groups is 1. The molecular weight excluding hydrogens is 459 g/mol. The lowest BCUT2D eigenvalue weighted by atomic mass is 10.0. The van der Waals surface area contributed by atoms with Gasteiger partial charge in [0.1, 0.15) is 18.1 Å². The lowest BCUT2D eigenvalue weighted by Crippen LogP contribution is -2.24. The number of nitrogens with one attached hydrogen (secondary N) is 1. The van der Waals surface area contributed by atoms with Gasteiger partial charge in [-0.3, -0.25) is 4.79 Å². The van der Waals surface area contributed by atoms with Crippen LogP contribution in [0.4, 0.5) is 0 Å². The van der Waals surface area contributed by atoms with E-state index in [1.807, 2.05) is 66.7 Å². The molecule has 0 aliphatic rings. The van der Waals surface area contributed by atoms with Crippen LogP contribution in [-0.4, -0.2) is 18.7 Å². The zero-order chi connectivity index (χ0) is 23.0. The van der Waals surface area contributed by atoms with Gasteiger partial charge in [0, 0.05) is 10.6 Å². The fourth-order valence-corrected chi connectivity index (χ4v) is 3.67.